The fourth-order valence-electron chi connectivity index (χ4n) is 1.69. The van der Waals surface area contributed by atoms with Crippen LogP contribution in [0.3, 0.4) is 0 Å². The van der Waals surface area contributed by atoms with E-state index in [0.29, 0.717) is 0 Å². The van der Waals surface area contributed by atoms with Crippen molar-refractivity contribution in [3.63, 3.8) is 0 Å². The van der Waals surface area contributed by atoms with Gasteiger partial charge in [0.15, 0.2) is 0 Å². The second kappa shape index (κ2) is 5.03. The summed E-state index contributed by atoms with van der Waals surface area (Å²) < 4.78 is 0. The number of nitrogens with zero attached hydrogens (tertiary/aromatic N) is 2. The molecule has 0 heterocycles. The molecule has 0 spiro atoms. The Bertz CT molecular complexity index is 673. The van der Waals surface area contributed by atoms with Crippen molar-refractivity contribution in [3.8, 4) is 11.1 Å². The maximum absolute atomic E-state index is 11.0. The van der Waals surface area contributed by atoms with Crippen LogP contribution in [0.4, 0.5) is 11.4 Å². The molecule has 0 unspecified atom stereocenters. The van der Waals surface area contributed by atoms with E-state index in [9.17, 15) is 20.2 Å². The summed E-state index contributed by atoms with van der Waals surface area (Å²) in [6.45, 7) is 0. The molecule has 0 saturated carbocycles. The highest BCUT2D eigenvalue weighted by molar-refractivity contribution is 6.33. The van der Waals surface area contributed by atoms with Gasteiger partial charge in [0.1, 0.15) is 0 Å². The van der Waals surface area contributed by atoms with Gasteiger partial charge in [-0.05, 0) is 12.1 Å². The van der Waals surface area contributed by atoms with Crippen LogP contribution in [0, 0.1) is 20.2 Å². The van der Waals surface area contributed by atoms with Crippen molar-refractivity contribution in [1.29, 1.82) is 0 Å². The zero-order valence-corrected chi connectivity index (χ0v) is 10.2. The Labute approximate surface area is 112 Å². The summed E-state index contributed by atoms with van der Waals surface area (Å²) in [5.74, 6) is 0. The molecule has 7 heteroatoms. The van der Waals surface area contributed by atoms with Crippen LogP contribution in [0.1, 0.15) is 0 Å². The summed E-state index contributed by atoms with van der Waals surface area (Å²) in [5, 5.41) is 21.9. The van der Waals surface area contributed by atoms with Crippen molar-refractivity contribution in [2.24, 2.45) is 0 Å². The Morgan fingerprint density at radius 3 is 2.21 bits per heavy atom. The quantitative estimate of drug-likeness (QED) is 0.631. The smallest absolute Gasteiger partial charge is 0.258 e. The number of benzene rings is 2. The first-order valence-electron chi connectivity index (χ1n) is 5.18. The molecule has 19 heavy (non-hydrogen) atoms. The zero-order chi connectivity index (χ0) is 14.0. The molecule has 0 fully saturated rings. The second-order valence-corrected chi connectivity index (χ2v) is 4.10. The average molecular weight is 279 g/mol. The maximum Gasteiger partial charge on any atom is 0.277 e. The number of hydrogen-bond acceptors (Lipinski definition) is 4. The molecule has 96 valence electrons. The van der Waals surface area contributed by atoms with E-state index in [2.05, 4.69) is 0 Å². The molecular formula is C12H7ClN2O4. The summed E-state index contributed by atoms with van der Waals surface area (Å²) in [6.07, 6.45) is 0. The monoisotopic (exact) mass is 278 g/mol. The van der Waals surface area contributed by atoms with Crippen molar-refractivity contribution < 1.29 is 9.85 Å². The third-order valence-electron chi connectivity index (χ3n) is 2.55. The van der Waals surface area contributed by atoms with E-state index in [1.54, 1.807) is 6.07 Å². The average Bonchev–Trinajstić information content (AvgIpc) is 2.39. The van der Waals surface area contributed by atoms with Crippen LogP contribution in [0.15, 0.2) is 42.5 Å². The van der Waals surface area contributed by atoms with Gasteiger partial charge in [0.05, 0.1) is 15.4 Å². The van der Waals surface area contributed by atoms with Crippen LogP contribution in [0.5, 0.6) is 0 Å². The number of halogens is 1. The first-order chi connectivity index (χ1) is 9.00. The molecule has 0 aromatic heterocycles. The lowest BCUT2D eigenvalue weighted by Gasteiger charge is -2.05. The van der Waals surface area contributed by atoms with Gasteiger partial charge in [0.25, 0.3) is 11.4 Å². The Kier molecular flexibility index (Phi) is 3.43. The normalized spacial score (nSPS) is 10.2. The van der Waals surface area contributed by atoms with Gasteiger partial charge in [0, 0.05) is 28.8 Å². The standard InChI is InChI=1S/C12H7ClN2O4/c13-11-6-5-8(14(16)17)7-10(11)9-3-1-2-4-12(9)15(18)19/h1-7H. The highest BCUT2D eigenvalue weighted by Crippen LogP contribution is 2.36. The molecule has 0 atom stereocenters. The SMILES string of the molecule is O=[N+]([O-])c1ccc(Cl)c(-c2ccccc2[N+](=O)[O-])c1. The summed E-state index contributed by atoms with van der Waals surface area (Å²) >= 11 is 5.97. The number of nitro groups is 2. The molecule has 2 aromatic carbocycles. The number of non-ortho nitro benzene ring substituents is 1. The van der Waals surface area contributed by atoms with Gasteiger partial charge in [-0.1, -0.05) is 23.7 Å². The van der Waals surface area contributed by atoms with Gasteiger partial charge in [0.2, 0.25) is 0 Å². The van der Waals surface area contributed by atoms with E-state index >= 15 is 0 Å². The van der Waals surface area contributed by atoms with Crippen LogP contribution in [0.2, 0.25) is 5.02 Å². The molecule has 2 rings (SSSR count). The molecule has 6 nitrogen and oxygen atoms in total. The zero-order valence-electron chi connectivity index (χ0n) is 9.45. The Morgan fingerprint density at radius 2 is 1.58 bits per heavy atom. The minimum Gasteiger partial charge on any atom is -0.258 e. The molecule has 0 aliphatic carbocycles. The largest absolute Gasteiger partial charge is 0.277 e. The van der Waals surface area contributed by atoms with Gasteiger partial charge in [-0.25, -0.2) is 0 Å². The summed E-state index contributed by atoms with van der Waals surface area (Å²) in [7, 11) is 0. The van der Waals surface area contributed by atoms with Gasteiger partial charge in [-0.3, -0.25) is 20.2 Å². The van der Waals surface area contributed by atoms with Gasteiger partial charge in [-0.2, -0.15) is 0 Å². The summed E-state index contributed by atoms with van der Waals surface area (Å²) in [5.41, 5.74) is 0.201. The van der Waals surface area contributed by atoms with Crippen molar-refractivity contribution >= 4 is 23.0 Å². The lowest BCUT2D eigenvalue weighted by Crippen LogP contribution is -1.93. The Balaban J connectivity index is 2.68. The van der Waals surface area contributed by atoms with E-state index < -0.39 is 9.85 Å². The van der Waals surface area contributed by atoms with Crippen LogP contribution >= 0.6 is 11.6 Å². The van der Waals surface area contributed by atoms with E-state index in [1.807, 2.05) is 0 Å². The van der Waals surface area contributed by atoms with Crippen LogP contribution in [-0.2, 0) is 0 Å². The molecule has 0 N–H and O–H groups in total. The topological polar surface area (TPSA) is 86.3 Å². The van der Waals surface area contributed by atoms with E-state index in [4.69, 9.17) is 11.6 Å². The van der Waals surface area contributed by atoms with E-state index in [1.165, 1.54) is 36.4 Å². The van der Waals surface area contributed by atoms with E-state index in [-0.39, 0.29) is 27.5 Å². The summed E-state index contributed by atoms with van der Waals surface area (Å²) in [4.78, 5) is 20.6. The molecule has 0 amide bonds. The Hall–Kier alpha value is -2.47. The van der Waals surface area contributed by atoms with Crippen molar-refractivity contribution in [2.45, 2.75) is 0 Å². The molecule has 0 radical (unpaired) electrons. The second-order valence-electron chi connectivity index (χ2n) is 3.70. The van der Waals surface area contributed by atoms with Gasteiger partial charge < -0.3 is 0 Å². The predicted octanol–water partition coefficient (Wildman–Crippen LogP) is 3.82. The fourth-order valence-corrected chi connectivity index (χ4v) is 1.91. The minimum absolute atomic E-state index is 0.148. The van der Waals surface area contributed by atoms with Crippen molar-refractivity contribution in [3.05, 3.63) is 67.7 Å². The molecule has 0 aliphatic heterocycles. The van der Waals surface area contributed by atoms with Crippen LogP contribution < -0.4 is 0 Å². The molecule has 0 saturated heterocycles. The minimum atomic E-state index is -0.575. The maximum atomic E-state index is 11.0. The number of rotatable bonds is 3. The molecular weight excluding hydrogens is 272 g/mol. The molecule has 0 bridgehead atoms. The third kappa shape index (κ3) is 2.53. The number of nitro benzene ring substituents is 2. The number of hydrogen-bond donors (Lipinski definition) is 0. The van der Waals surface area contributed by atoms with Crippen LogP contribution in [0.25, 0.3) is 11.1 Å². The lowest BCUT2D eigenvalue weighted by atomic mass is 10.0. The van der Waals surface area contributed by atoms with Gasteiger partial charge in [-0.15, -0.1) is 0 Å². The van der Waals surface area contributed by atoms with E-state index in [0.717, 1.165) is 0 Å². The van der Waals surface area contributed by atoms with Crippen molar-refractivity contribution in [2.75, 3.05) is 0 Å². The first-order valence-corrected chi connectivity index (χ1v) is 5.56. The van der Waals surface area contributed by atoms with Gasteiger partial charge >= 0.3 is 0 Å². The third-order valence-corrected chi connectivity index (χ3v) is 2.88. The predicted molar refractivity (Wildman–Crippen MR) is 70.2 cm³/mol. The highest BCUT2D eigenvalue weighted by atomic mass is 35.5. The molecule has 0 aliphatic rings. The summed E-state index contributed by atoms with van der Waals surface area (Å²) in [6, 6.07) is 9.79. The first kappa shape index (κ1) is 13.0. The number of para-hydroxylation sites is 1. The highest BCUT2D eigenvalue weighted by Gasteiger charge is 2.19. The van der Waals surface area contributed by atoms with Crippen molar-refractivity contribution in [1.82, 2.24) is 0 Å². The Morgan fingerprint density at radius 1 is 0.895 bits per heavy atom. The fraction of sp³-hybridized carbons (Fsp3) is 0. The molecule has 2 aromatic rings. The van der Waals surface area contributed by atoms with Crippen LogP contribution in [-0.4, -0.2) is 9.85 Å². The lowest BCUT2D eigenvalue weighted by molar-refractivity contribution is -0.385.